The predicted molar refractivity (Wildman–Crippen MR) is 76.0 cm³/mol. The molecule has 0 spiro atoms. The van der Waals surface area contributed by atoms with Gasteiger partial charge in [0.15, 0.2) is 0 Å². The van der Waals surface area contributed by atoms with Crippen LogP contribution in [0.5, 0.6) is 0 Å². The number of allylic oxidation sites excluding steroid dienone is 1. The van der Waals surface area contributed by atoms with Crippen molar-refractivity contribution in [2.24, 2.45) is 0 Å². The SMILES string of the molecule is C=CN/C=C(/Cn1cc(C(=O)OC)c(C2CC2)n1)NC. The molecule has 0 aliphatic heterocycles. The zero-order valence-corrected chi connectivity index (χ0v) is 11.8. The van der Waals surface area contributed by atoms with E-state index in [1.54, 1.807) is 17.1 Å². The molecule has 20 heavy (non-hydrogen) atoms. The number of nitrogens with one attached hydrogen (secondary N) is 2. The van der Waals surface area contributed by atoms with E-state index in [9.17, 15) is 4.79 Å². The van der Waals surface area contributed by atoms with Crippen molar-refractivity contribution >= 4 is 5.97 Å². The molecule has 1 aromatic rings. The second-order valence-corrected chi connectivity index (χ2v) is 4.68. The molecule has 2 rings (SSSR count). The van der Waals surface area contributed by atoms with Crippen LogP contribution in [0.2, 0.25) is 0 Å². The van der Waals surface area contributed by atoms with E-state index in [0.29, 0.717) is 18.0 Å². The average molecular weight is 276 g/mol. The number of hydrogen-bond donors (Lipinski definition) is 2. The number of nitrogens with zero attached hydrogens (tertiary/aromatic N) is 2. The Morgan fingerprint density at radius 3 is 2.95 bits per heavy atom. The number of aromatic nitrogens is 2. The number of rotatable bonds is 7. The monoisotopic (exact) mass is 276 g/mol. The van der Waals surface area contributed by atoms with Crippen molar-refractivity contribution in [1.29, 1.82) is 0 Å². The molecule has 0 aromatic carbocycles. The van der Waals surface area contributed by atoms with Gasteiger partial charge in [0.2, 0.25) is 0 Å². The lowest BCUT2D eigenvalue weighted by molar-refractivity contribution is 0.0599. The molecule has 1 heterocycles. The van der Waals surface area contributed by atoms with Crippen molar-refractivity contribution in [3.05, 3.63) is 42.1 Å². The van der Waals surface area contributed by atoms with Crippen LogP contribution in [0.15, 0.2) is 30.9 Å². The molecule has 0 bridgehead atoms. The average Bonchev–Trinajstić information content (AvgIpc) is 3.23. The Labute approximate surface area is 118 Å². The number of methoxy groups -OCH3 is 1. The summed E-state index contributed by atoms with van der Waals surface area (Å²) >= 11 is 0. The normalized spacial score (nSPS) is 14.8. The topological polar surface area (TPSA) is 68.2 Å². The van der Waals surface area contributed by atoms with Crippen LogP contribution in [0, 0.1) is 0 Å². The van der Waals surface area contributed by atoms with E-state index in [1.165, 1.54) is 7.11 Å². The summed E-state index contributed by atoms with van der Waals surface area (Å²) in [4.78, 5) is 11.8. The Hall–Kier alpha value is -2.24. The van der Waals surface area contributed by atoms with Gasteiger partial charge in [0.05, 0.1) is 19.3 Å². The Bertz CT molecular complexity index is 529. The summed E-state index contributed by atoms with van der Waals surface area (Å²) in [7, 11) is 3.23. The maximum absolute atomic E-state index is 11.8. The number of likely N-dealkylation sites (N-methyl/N-ethyl adjacent to an activating group) is 1. The Balaban J connectivity index is 2.19. The summed E-state index contributed by atoms with van der Waals surface area (Å²) in [5.74, 6) is 0.0796. The highest BCUT2D eigenvalue weighted by Crippen LogP contribution is 2.40. The van der Waals surface area contributed by atoms with Gasteiger partial charge in [0.1, 0.15) is 5.56 Å². The van der Waals surface area contributed by atoms with Crippen LogP contribution in [0.25, 0.3) is 0 Å². The van der Waals surface area contributed by atoms with Gasteiger partial charge >= 0.3 is 5.97 Å². The van der Waals surface area contributed by atoms with Crippen molar-refractivity contribution in [3.8, 4) is 0 Å². The van der Waals surface area contributed by atoms with Gasteiger partial charge in [0, 0.05) is 31.1 Å². The van der Waals surface area contributed by atoms with Gasteiger partial charge in [-0.05, 0) is 19.0 Å². The Morgan fingerprint density at radius 1 is 1.65 bits per heavy atom. The van der Waals surface area contributed by atoms with Crippen LogP contribution in [0.3, 0.4) is 0 Å². The summed E-state index contributed by atoms with van der Waals surface area (Å²) in [6.07, 6.45) is 7.33. The molecule has 1 saturated carbocycles. The van der Waals surface area contributed by atoms with Gasteiger partial charge in [-0.15, -0.1) is 0 Å². The maximum Gasteiger partial charge on any atom is 0.341 e. The van der Waals surface area contributed by atoms with Gasteiger partial charge in [-0.2, -0.15) is 5.10 Å². The standard InChI is InChI=1S/C14H20N4O2/c1-4-16-7-11(15-2)8-18-9-12(14(19)20-3)13(17-18)10-5-6-10/h4,7,9-10,15-16H,1,5-6,8H2,2-3H3/b11-7-. The molecule has 0 unspecified atom stereocenters. The number of hydrogen-bond acceptors (Lipinski definition) is 5. The van der Waals surface area contributed by atoms with Crippen LogP contribution < -0.4 is 10.6 Å². The molecular formula is C14H20N4O2. The lowest BCUT2D eigenvalue weighted by Gasteiger charge is -2.06. The van der Waals surface area contributed by atoms with Crippen molar-refractivity contribution < 1.29 is 9.53 Å². The van der Waals surface area contributed by atoms with E-state index in [2.05, 4.69) is 22.3 Å². The first-order valence-electron chi connectivity index (χ1n) is 6.59. The largest absolute Gasteiger partial charge is 0.465 e. The fourth-order valence-corrected chi connectivity index (χ4v) is 1.97. The highest BCUT2D eigenvalue weighted by Gasteiger charge is 2.31. The molecule has 1 aromatic heterocycles. The lowest BCUT2D eigenvalue weighted by Crippen LogP contribution is -2.16. The van der Waals surface area contributed by atoms with E-state index in [1.807, 2.05) is 13.2 Å². The van der Waals surface area contributed by atoms with Crippen LogP contribution in [0.1, 0.15) is 34.8 Å². The van der Waals surface area contributed by atoms with Gasteiger partial charge in [-0.3, -0.25) is 4.68 Å². The first-order valence-corrected chi connectivity index (χ1v) is 6.59. The van der Waals surface area contributed by atoms with Crippen LogP contribution in [-0.4, -0.2) is 29.9 Å². The lowest BCUT2D eigenvalue weighted by atomic mass is 10.2. The molecule has 1 fully saturated rings. The van der Waals surface area contributed by atoms with Crippen molar-refractivity contribution in [1.82, 2.24) is 20.4 Å². The molecule has 2 N–H and O–H groups in total. The molecule has 1 aliphatic carbocycles. The molecule has 6 heteroatoms. The first kappa shape index (κ1) is 14.2. The molecular weight excluding hydrogens is 256 g/mol. The molecule has 1 aliphatic rings. The second-order valence-electron chi connectivity index (χ2n) is 4.68. The number of esters is 1. The van der Waals surface area contributed by atoms with Gasteiger partial charge < -0.3 is 15.4 Å². The van der Waals surface area contributed by atoms with Gasteiger partial charge in [-0.25, -0.2) is 4.79 Å². The molecule has 0 atom stereocenters. The van der Waals surface area contributed by atoms with Crippen molar-refractivity contribution in [2.45, 2.75) is 25.3 Å². The minimum atomic E-state index is -0.322. The van der Waals surface area contributed by atoms with E-state index in [0.717, 1.165) is 24.2 Å². The predicted octanol–water partition coefficient (Wildman–Crippen LogP) is 1.34. The summed E-state index contributed by atoms with van der Waals surface area (Å²) in [5.41, 5.74) is 2.36. The minimum Gasteiger partial charge on any atom is -0.465 e. The third kappa shape index (κ3) is 3.20. The molecule has 0 radical (unpaired) electrons. The Morgan fingerprint density at radius 2 is 2.40 bits per heavy atom. The first-order chi connectivity index (χ1) is 9.69. The highest BCUT2D eigenvalue weighted by atomic mass is 16.5. The second kappa shape index (κ2) is 6.27. The number of carbonyl (C=O) groups is 1. The maximum atomic E-state index is 11.8. The van der Waals surface area contributed by atoms with E-state index in [4.69, 9.17) is 4.74 Å². The third-order valence-electron chi connectivity index (χ3n) is 3.19. The van der Waals surface area contributed by atoms with Crippen LogP contribution in [-0.2, 0) is 11.3 Å². The molecule has 6 nitrogen and oxygen atoms in total. The van der Waals surface area contributed by atoms with Gasteiger partial charge in [0.25, 0.3) is 0 Å². The van der Waals surface area contributed by atoms with E-state index >= 15 is 0 Å². The Kier molecular flexibility index (Phi) is 4.45. The van der Waals surface area contributed by atoms with Crippen molar-refractivity contribution in [3.63, 3.8) is 0 Å². The summed E-state index contributed by atoms with van der Waals surface area (Å²) < 4.78 is 6.57. The quantitative estimate of drug-likeness (QED) is 0.736. The number of ether oxygens (including phenoxy) is 1. The van der Waals surface area contributed by atoms with E-state index in [-0.39, 0.29) is 5.97 Å². The molecule has 0 saturated heterocycles. The summed E-state index contributed by atoms with van der Waals surface area (Å²) in [6, 6.07) is 0. The van der Waals surface area contributed by atoms with Crippen LogP contribution >= 0.6 is 0 Å². The van der Waals surface area contributed by atoms with Gasteiger partial charge in [-0.1, -0.05) is 6.58 Å². The zero-order valence-electron chi connectivity index (χ0n) is 11.8. The fourth-order valence-electron chi connectivity index (χ4n) is 1.97. The molecule has 0 amide bonds. The minimum absolute atomic E-state index is 0.322. The number of carbonyl (C=O) groups excluding carboxylic acids is 1. The zero-order chi connectivity index (χ0) is 14.5. The third-order valence-corrected chi connectivity index (χ3v) is 3.19. The molecule has 108 valence electrons. The smallest absolute Gasteiger partial charge is 0.341 e. The van der Waals surface area contributed by atoms with Crippen LogP contribution in [0.4, 0.5) is 0 Å². The summed E-state index contributed by atoms with van der Waals surface area (Å²) in [5, 5.41) is 10.5. The van der Waals surface area contributed by atoms with E-state index < -0.39 is 0 Å². The fraction of sp³-hybridized carbons (Fsp3) is 0.429. The summed E-state index contributed by atoms with van der Waals surface area (Å²) in [6.45, 7) is 4.14. The highest BCUT2D eigenvalue weighted by molar-refractivity contribution is 5.90. The van der Waals surface area contributed by atoms with Crippen molar-refractivity contribution in [2.75, 3.05) is 14.2 Å².